The third-order valence-electron chi connectivity index (χ3n) is 4.14. The molecule has 4 nitrogen and oxygen atoms in total. The van der Waals surface area contributed by atoms with Gasteiger partial charge in [0.2, 0.25) is 5.91 Å². The minimum absolute atomic E-state index is 0.219. The predicted molar refractivity (Wildman–Crippen MR) is 84.6 cm³/mol. The molecule has 0 aliphatic carbocycles. The average Bonchev–Trinajstić information content (AvgIpc) is 3.03. The predicted octanol–water partition coefficient (Wildman–Crippen LogP) is 2.18. The molecule has 1 aliphatic heterocycles. The Morgan fingerprint density at radius 3 is 2.81 bits per heavy atom. The highest BCUT2D eigenvalue weighted by Gasteiger charge is 2.14. The van der Waals surface area contributed by atoms with Gasteiger partial charge in [0.25, 0.3) is 0 Å². The number of aryl methyl sites for hydroxylation is 1. The van der Waals surface area contributed by atoms with Crippen LogP contribution in [0.3, 0.4) is 0 Å². The number of rotatable bonds is 7. The number of carbonyl (C=O) groups excluding carboxylic acids is 1. The third-order valence-corrected chi connectivity index (χ3v) is 4.14. The first-order chi connectivity index (χ1) is 10.2. The van der Waals surface area contributed by atoms with Crippen LogP contribution < -0.4 is 4.74 Å². The van der Waals surface area contributed by atoms with E-state index in [0.29, 0.717) is 6.42 Å². The van der Waals surface area contributed by atoms with Gasteiger partial charge in [0.05, 0.1) is 7.11 Å². The van der Waals surface area contributed by atoms with Crippen LogP contribution in [-0.4, -0.2) is 56.0 Å². The molecule has 0 aromatic heterocycles. The largest absolute Gasteiger partial charge is 0.497 e. The van der Waals surface area contributed by atoms with Crippen molar-refractivity contribution in [3.8, 4) is 5.75 Å². The summed E-state index contributed by atoms with van der Waals surface area (Å²) in [5.41, 5.74) is 1.15. The Kier molecular flexibility index (Phi) is 6.05. The summed E-state index contributed by atoms with van der Waals surface area (Å²) in [6.07, 6.45) is 3.93. The van der Waals surface area contributed by atoms with E-state index in [9.17, 15) is 4.79 Å². The molecule has 0 N–H and O–H groups in total. The first kappa shape index (κ1) is 15.8. The SMILES string of the molecule is COc1cccc(CCC(=O)N(C)CCN2CCCC2)c1. The lowest BCUT2D eigenvalue weighted by Gasteiger charge is -2.21. The zero-order valence-electron chi connectivity index (χ0n) is 13.2. The fourth-order valence-electron chi connectivity index (χ4n) is 2.69. The van der Waals surface area contributed by atoms with Crippen LogP contribution in [0.1, 0.15) is 24.8 Å². The van der Waals surface area contributed by atoms with Crippen LogP contribution in [0, 0.1) is 0 Å². The number of amides is 1. The number of carbonyl (C=O) groups is 1. The highest BCUT2D eigenvalue weighted by atomic mass is 16.5. The minimum Gasteiger partial charge on any atom is -0.497 e. The van der Waals surface area contributed by atoms with Gasteiger partial charge in [-0.25, -0.2) is 0 Å². The molecule has 21 heavy (non-hydrogen) atoms. The Hall–Kier alpha value is -1.55. The highest BCUT2D eigenvalue weighted by Crippen LogP contribution is 2.14. The van der Waals surface area contributed by atoms with Gasteiger partial charge in [-0.05, 0) is 50.0 Å². The summed E-state index contributed by atoms with van der Waals surface area (Å²) >= 11 is 0. The molecule has 1 aliphatic rings. The molecule has 4 heteroatoms. The topological polar surface area (TPSA) is 32.8 Å². The molecule has 2 rings (SSSR count). The molecule has 1 amide bonds. The molecule has 0 bridgehead atoms. The van der Waals surface area contributed by atoms with Crippen molar-refractivity contribution in [1.29, 1.82) is 0 Å². The molecule has 0 saturated carbocycles. The zero-order valence-corrected chi connectivity index (χ0v) is 13.2. The van der Waals surface area contributed by atoms with Crippen LogP contribution in [0.4, 0.5) is 0 Å². The van der Waals surface area contributed by atoms with Crippen molar-refractivity contribution in [3.63, 3.8) is 0 Å². The van der Waals surface area contributed by atoms with Gasteiger partial charge in [-0.3, -0.25) is 4.79 Å². The summed E-state index contributed by atoms with van der Waals surface area (Å²) in [7, 11) is 3.57. The molecule has 0 atom stereocenters. The minimum atomic E-state index is 0.219. The molecule has 1 aromatic rings. The van der Waals surface area contributed by atoms with Gasteiger partial charge in [-0.1, -0.05) is 12.1 Å². The molecular weight excluding hydrogens is 264 g/mol. The van der Waals surface area contributed by atoms with E-state index in [-0.39, 0.29) is 5.91 Å². The van der Waals surface area contributed by atoms with E-state index in [4.69, 9.17) is 4.74 Å². The molecule has 1 heterocycles. The van der Waals surface area contributed by atoms with Crippen molar-refractivity contribution >= 4 is 5.91 Å². The maximum absolute atomic E-state index is 12.2. The second-order valence-electron chi connectivity index (χ2n) is 5.72. The summed E-state index contributed by atoms with van der Waals surface area (Å²) in [5, 5.41) is 0. The van der Waals surface area contributed by atoms with E-state index >= 15 is 0 Å². The van der Waals surface area contributed by atoms with Crippen molar-refractivity contribution in [2.75, 3.05) is 40.3 Å². The van der Waals surface area contributed by atoms with Gasteiger partial charge in [0.1, 0.15) is 5.75 Å². The molecule has 0 spiro atoms. The third kappa shape index (κ3) is 5.05. The number of likely N-dealkylation sites (tertiary alicyclic amines) is 1. The Balaban J connectivity index is 1.72. The van der Waals surface area contributed by atoms with Gasteiger partial charge in [0.15, 0.2) is 0 Å². The van der Waals surface area contributed by atoms with Gasteiger partial charge in [-0.2, -0.15) is 0 Å². The highest BCUT2D eigenvalue weighted by molar-refractivity contribution is 5.76. The molecule has 1 aromatic carbocycles. The summed E-state index contributed by atoms with van der Waals surface area (Å²) < 4.78 is 5.20. The molecule has 116 valence electrons. The summed E-state index contributed by atoms with van der Waals surface area (Å²) in [6, 6.07) is 7.93. The summed E-state index contributed by atoms with van der Waals surface area (Å²) in [4.78, 5) is 16.4. The van der Waals surface area contributed by atoms with Gasteiger partial charge >= 0.3 is 0 Å². The number of benzene rings is 1. The van der Waals surface area contributed by atoms with Crippen LogP contribution in [0.2, 0.25) is 0 Å². The quantitative estimate of drug-likeness (QED) is 0.771. The second-order valence-corrected chi connectivity index (χ2v) is 5.72. The Morgan fingerprint density at radius 2 is 2.10 bits per heavy atom. The number of ether oxygens (including phenoxy) is 1. The van der Waals surface area contributed by atoms with Crippen LogP contribution >= 0.6 is 0 Å². The normalized spacial score (nSPS) is 15.1. The molecule has 1 saturated heterocycles. The fourth-order valence-corrected chi connectivity index (χ4v) is 2.69. The van der Waals surface area contributed by atoms with E-state index < -0.39 is 0 Å². The lowest BCUT2D eigenvalue weighted by atomic mass is 10.1. The number of likely N-dealkylation sites (N-methyl/N-ethyl adjacent to an activating group) is 1. The van der Waals surface area contributed by atoms with Crippen LogP contribution in [0.5, 0.6) is 5.75 Å². The van der Waals surface area contributed by atoms with E-state index in [1.54, 1.807) is 7.11 Å². The lowest BCUT2D eigenvalue weighted by molar-refractivity contribution is -0.130. The van der Waals surface area contributed by atoms with E-state index in [2.05, 4.69) is 4.90 Å². The second kappa shape index (κ2) is 8.03. The van der Waals surface area contributed by atoms with Crippen molar-refractivity contribution in [3.05, 3.63) is 29.8 Å². The van der Waals surface area contributed by atoms with E-state index in [0.717, 1.165) is 30.8 Å². The van der Waals surface area contributed by atoms with E-state index in [1.807, 2.05) is 36.2 Å². The lowest BCUT2D eigenvalue weighted by Crippen LogP contribution is -2.35. The molecular formula is C17H26N2O2. The first-order valence-corrected chi connectivity index (χ1v) is 7.78. The summed E-state index contributed by atoms with van der Waals surface area (Å²) in [6.45, 7) is 4.20. The number of hydrogen-bond donors (Lipinski definition) is 0. The Morgan fingerprint density at radius 1 is 1.33 bits per heavy atom. The summed E-state index contributed by atoms with van der Waals surface area (Å²) in [5.74, 6) is 1.07. The van der Waals surface area contributed by atoms with E-state index in [1.165, 1.54) is 25.9 Å². The van der Waals surface area contributed by atoms with Crippen LogP contribution in [0.25, 0.3) is 0 Å². The zero-order chi connectivity index (χ0) is 15.1. The monoisotopic (exact) mass is 290 g/mol. The smallest absolute Gasteiger partial charge is 0.222 e. The van der Waals surface area contributed by atoms with Crippen molar-refractivity contribution < 1.29 is 9.53 Å². The maximum atomic E-state index is 12.2. The van der Waals surface area contributed by atoms with Crippen molar-refractivity contribution in [2.24, 2.45) is 0 Å². The van der Waals surface area contributed by atoms with Gasteiger partial charge in [0, 0.05) is 26.6 Å². The van der Waals surface area contributed by atoms with Crippen LogP contribution in [-0.2, 0) is 11.2 Å². The maximum Gasteiger partial charge on any atom is 0.222 e. The van der Waals surface area contributed by atoms with Crippen molar-refractivity contribution in [1.82, 2.24) is 9.80 Å². The first-order valence-electron chi connectivity index (χ1n) is 7.78. The Labute approximate surface area is 127 Å². The number of nitrogens with zero attached hydrogens (tertiary/aromatic N) is 2. The Bertz CT molecular complexity index is 456. The number of hydrogen-bond acceptors (Lipinski definition) is 3. The average molecular weight is 290 g/mol. The number of methoxy groups -OCH3 is 1. The standard InChI is InChI=1S/C17H26N2O2/c1-18(12-13-19-10-3-4-11-19)17(20)9-8-15-6-5-7-16(14-15)21-2/h5-7,14H,3-4,8-13H2,1-2H3. The molecule has 0 radical (unpaired) electrons. The van der Waals surface area contributed by atoms with Crippen LogP contribution in [0.15, 0.2) is 24.3 Å². The molecule has 1 fully saturated rings. The fraction of sp³-hybridized carbons (Fsp3) is 0.588. The van der Waals surface area contributed by atoms with Gasteiger partial charge < -0.3 is 14.5 Å². The molecule has 0 unspecified atom stereocenters. The van der Waals surface area contributed by atoms with Gasteiger partial charge in [-0.15, -0.1) is 0 Å². The van der Waals surface area contributed by atoms with Crippen molar-refractivity contribution in [2.45, 2.75) is 25.7 Å².